The van der Waals surface area contributed by atoms with E-state index in [2.05, 4.69) is 37.3 Å². The minimum Gasteiger partial charge on any atom is -0.466 e. The molecule has 0 amide bonds. The first-order valence-electron chi connectivity index (χ1n) is 7.91. The fourth-order valence-corrected chi connectivity index (χ4v) is 3.05. The SMILES string of the molecule is CCOC(=O)[C@H]1CCC[NH+](C/C(C)=C/c2ccccc2)C1. The summed E-state index contributed by atoms with van der Waals surface area (Å²) in [6.07, 6.45) is 4.32. The van der Waals surface area contributed by atoms with Gasteiger partial charge in [0, 0.05) is 0 Å². The van der Waals surface area contributed by atoms with Crippen LogP contribution >= 0.6 is 0 Å². The van der Waals surface area contributed by atoms with Gasteiger partial charge in [-0.3, -0.25) is 4.79 Å². The third-order valence-corrected chi connectivity index (χ3v) is 3.98. The second kappa shape index (κ2) is 7.99. The van der Waals surface area contributed by atoms with Crippen LogP contribution in [-0.4, -0.2) is 32.2 Å². The van der Waals surface area contributed by atoms with Crippen LogP contribution in [0, 0.1) is 5.92 Å². The van der Waals surface area contributed by atoms with Gasteiger partial charge in [0.2, 0.25) is 0 Å². The van der Waals surface area contributed by atoms with Crippen LogP contribution in [0.25, 0.3) is 6.08 Å². The van der Waals surface area contributed by atoms with E-state index in [9.17, 15) is 4.79 Å². The van der Waals surface area contributed by atoms with Crippen molar-refractivity contribution >= 4 is 12.0 Å². The molecule has 1 N–H and O–H groups in total. The molecule has 0 spiro atoms. The standard InChI is InChI=1S/C18H25NO2/c1-3-21-18(20)17-10-7-11-19(14-17)13-15(2)12-16-8-5-4-6-9-16/h4-6,8-9,12,17H,3,7,10-11,13-14H2,1-2H3/p+1/b15-12+/t17-/m0/s1. The lowest BCUT2D eigenvalue weighted by Gasteiger charge is -2.28. The minimum absolute atomic E-state index is 0.0145. The molecule has 0 aliphatic carbocycles. The molecular weight excluding hydrogens is 262 g/mol. The highest BCUT2D eigenvalue weighted by atomic mass is 16.5. The van der Waals surface area contributed by atoms with Gasteiger partial charge in [0.1, 0.15) is 5.92 Å². The predicted octanol–water partition coefficient (Wildman–Crippen LogP) is 1.95. The number of likely N-dealkylation sites (tertiary alicyclic amines) is 1. The highest BCUT2D eigenvalue weighted by molar-refractivity contribution is 5.72. The maximum absolute atomic E-state index is 11.9. The van der Waals surface area contributed by atoms with Crippen molar-refractivity contribution in [3.8, 4) is 0 Å². The van der Waals surface area contributed by atoms with Gasteiger partial charge in [-0.1, -0.05) is 36.4 Å². The highest BCUT2D eigenvalue weighted by Gasteiger charge is 2.29. The van der Waals surface area contributed by atoms with Crippen molar-refractivity contribution in [1.29, 1.82) is 0 Å². The highest BCUT2D eigenvalue weighted by Crippen LogP contribution is 2.10. The first kappa shape index (κ1) is 15.8. The topological polar surface area (TPSA) is 30.7 Å². The molecule has 1 aliphatic rings. The van der Waals surface area contributed by atoms with E-state index in [1.165, 1.54) is 16.0 Å². The van der Waals surface area contributed by atoms with Gasteiger partial charge in [-0.2, -0.15) is 0 Å². The van der Waals surface area contributed by atoms with Crippen molar-refractivity contribution in [1.82, 2.24) is 0 Å². The molecular formula is C18H26NO2+. The van der Waals surface area contributed by atoms with Crippen LogP contribution in [-0.2, 0) is 9.53 Å². The zero-order valence-corrected chi connectivity index (χ0v) is 13.1. The van der Waals surface area contributed by atoms with Crippen LogP contribution in [0.15, 0.2) is 35.9 Å². The Morgan fingerprint density at radius 1 is 1.38 bits per heavy atom. The summed E-state index contributed by atoms with van der Waals surface area (Å²) in [5.74, 6) is 0.0672. The van der Waals surface area contributed by atoms with Gasteiger partial charge in [-0.15, -0.1) is 0 Å². The summed E-state index contributed by atoms with van der Waals surface area (Å²) in [4.78, 5) is 13.4. The van der Waals surface area contributed by atoms with Gasteiger partial charge in [-0.25, -0.2) is 0 Å². The zero-order valence-electron chi connectivity index (χ0n) is 13.1. The van der Waals surface area contributed by atoms with Gasteiger partial charge in [0.05, 0.1) is 26.2 Å². The van der Waals surface area contributed by atoms with Gasteiger partial charge in [0.25, 0.3) is 0 Å². The van der Waals surface area contributed by atoms with E-state index in [-0.39, 0.29) is 11.9 Å². The minimum atomic E-state index is -0.0145. The van der Waals surface area contributed by atoms with Crippen LogP contribution in [0.2, 0.25) is 0 Å². The number of ether oxygens (including phenoxy) is 1. The van der Waals surface area contributed by atoms with Crippen molar-refractivity contribution in [3.63, 3.8) is 0 Å². The molecule has 0 aromatic heterocycles. The Balaban J connectivity index is 1.90. The number of hydrogen-bond donors (Lipinski definition) is 1. The first-order chi connectivity index (χ1) is 10.2. The predicted molar refractivity (Wildman–Crippen MR) is 85.0 cm³/mol. The second-order valence-corrected chi connectivity index (χ2v) is 5.87. The van der Waals surface area contributed by atoms with Crippen LogP contribution in [0.5, 0.6) is 0 Å². The number of carbonyl (C=O) groups is 1. The average molecular weight is 288 g/mol. The molecule has 3 heteroatoms. The normalized spacial score (nSPS) is 22.9. The summed E-state index contributed by atoms with van der Waals surface area (Å²) in [6.45, 7) is 7.59. The molecule has 1 fully saturated rings. The van der Waals surface area contributed by atoms with Crippen molar-refractivity contribution in [3.05, 3.63) is 41.5 Å². The summed E-state index contributed by atoms with van der Waals surface area (Å²) in [5.41, 5.74) is 2.61. The number of piperidine rings is 1. The van der Waals surface area contributed by atoms with Crippen LogP contribution in [0.3, 0.4) is 0 Å². The van der Waals surface area contributed by atoms with E-state index in [0.29, 0.717) is 6.61 Å². The molecule has 2 atom stereocenters. The maximum Gasteiger partial charge on any atom is 0.314 e. The van der Waals surface area contributed by atoms with E-state index in [4.69, 9.17) is 4.74 Å². The Morgan fingerprint density at radius 3 is 2.86 bits per heavy atom. The second-order valence-electron chi connectivity index (χ2n) is 5.87. The Morgan fingerprint density at radius 2 is 2.14 bits per heavy atom. The van der Waals surface area contributed by atoms with E-state index >= 15 is 0 Å². The summed E-state index contributed by atoms with van der Waals surface area (Å²) >= 11 is 0. The van der Waals surface area contributed by atoms with E-state index in [1.807, 2.05) is 13.0 Å². The van der Waals surface area contributed by atoms with Crippen molar-refractivity contribution in [2.45, 2.75) is 26.7 Å². The van der Waals surface area contributed by atoms with Crippen molar-refractivity contribution in [2.75, 3.05) is 26.2 Å². The van der Waals surface area contributed by atoms with Gasteiger partial charge >= 0.3 is 5.97 Å². The molecule has 1 unspecified atom stereocenters. The van der Waals surface area contributed by atoms with Crippen LogP contribution in [0.4, 0.5) is 0 Å². The third-order valence-electron chi connectivity index (χ3n) is 3.98. The van der Waals surface area contributed by atoms with Crippen molar-refractivity contribution < 1.29 is 14.4 Å². The molecule has 1 aromatic carbocycles. The van der Waals surface area contributed by atoms with E-state index < -0.39 is 0 Å². The Bertz CT molecular complexity index is 481. The molecule has 0 saturated carbocycles. The summed E-state index contributed by atoms with van der Waals surface area (Å²) in [6, 6.07) is 10.4. The average Bonchev–Trinajstić information content (AvgIpc) is 2.48. The number of nitrogens with one attached hydrogen (secondary N) is 1. The van der Waals surface area contributed by atoms with E-state index in [0.717, 1.165) is 32.5 Å². The molecule has 1 heterocycles. The number of esters is 1. The number of benzene rings is 1. The Kier molecular flexibility index (Phi) is 6.00. The monoisotopic (exact) mass is 288 g/mol. The van der Waals surface area contributed by atoms with E-state index in [1.54, 1.807) is 0 Å². The lowest BCUT2D eigenvalue weighted by atomic mass is 9.97. The molecule has 0 radical (unpaired) electrons. The number of rotatable bonds is 5. The summed E-state index contributed by atoms with van der Waals surface area (Å²) in [5, 5.41) is 0. The molecule has 21 heavy (non-hydrogen) atoms. The first-order valence-corrected chi connectivity index (χ1v) is 7.91. The molecule has 0 bridgehead atoms. The lowest BCUT2D eigenvalue weighted by Crippen LogP contribution is -3.13. The maximum atomic E-state index is 11.9. The number of carbonyl (C=O) groups excluding carboxylic acids is 1. The molecule has 2 rings (SSSR count). The van der Waals surface area contributed by atoms with Gasteiger partial charge < -0.3 is 9.64 Å². The molecule has 114 valence electrons. The summed E-state index contributed by atoms with van der Waals surface area (Å²) in [7, 11) is 0. The van der Waals surface area contributed by atoms with Crippen LogP contribution < -0.4 is 4.90 Å². The molecule has 1 aromatic rings. The number of hydrogen-bond acceptors (Lipinski definition) is 2. The Labute approximate surface area is 127 Å². The molecule has 1 saturated heterocycles. The van der Waals surface area contributed by atoms with Crippen LogP contribution in [0.1, 0.15) is 32.3 Å². The Hall–Kier alpha value is -1.61. The molecule has 3 nitrogen and oxygen atoms in total. The third kappa shape index (κ3) is 5.01. The fourth-order valence-electron chi connectivity index (χ4n) is 3.05. The van der Waals surface area contributed by atoms with Crippen molar-refractivity contribution in [2.24, 2.45) is 5.92 Å². The van der Waals surface area contributed by atoms with Gasteiger partial charge in [-0.05, 0) is 37.8 Å². The molecule has 1 aliphatic heterocycles. The lowest BCUT2D eigenvalue weighted by molar-refractivity contribution is -0.902. The largest absolute Gasteiger partial charge is 0.466 e. The fraction of sp³-hybridized carbons (Fsp3) is 0.500. The summed E-state index contributed by atoms with van der Waals surface area (Å²) < 4.78 is 5.16. The van der Waals surface area contributed by atoms with Gasteiger partial charge in [0.15, 0.2) is 0 Å². The zero-order chi connectivity index (χ0) is 15.1. The number of quaternary nitrogens is 1. The smallest absolute Gasteiger partial charge is 0.314 e. The quantitative estimate of drug-likeness (QED) is 0.840.